The van der Waals surface area contributed by atoms with E-state index < -0.39 is 4.92 Å². The predicted molar refractivity (Wildman–Crippen MR) is 55.3 cm³/mol. The molecule has 0 aromatic carbocycles. The molecule has 0 unspecified atom stereocenters. The fourth-order valence-corrected chi connectivity index (χ4v) is 2.46. The molecule has 1 heterocycles. The molecule has 0 atom stereocenters. The number of nitro groups is 1. The van der Waals surface area contributed by atoms with Crippen molar-refractivity contribution in [1.29, 1.82) is 0 Å². The third-order valence-corrected chi connectivity index (χ3v) is 3.03. The minimum Gasteiger partial charge on any atom is -0.258 e. The van der Waals surface area contributed by atoms with E-state index in [2.05, 4.69) is 5.10 Å². The zero-order chi connectivity index (χ0) is 8.59. The lowest BCUT2D eigenvalue weighted by molar-refractivity contribution is -0.386. The maximum absolute atomic E-state index is 10.4. The van der Waals surface area contributed by atoms with Crippen LogP contribution in [0.15, 0.2) is 0 Å². The van der Waals surface area contributed by atoms with Crippen molar-refractivity contribution in [3.8, 4) is 0 Å². The molecular weight excluding hydrogens is 376 g/mol. The molecule has 0 fully saturated rings. The van der Waals surface area contributed by atoms with E-state index in [1.165, 1.54) is 4.68 Å². The number of halogens is 2. The summed E-state index contributed by atoms with van der Waals surface area (Å²) in [5.74, 6) is 0. The fourth-order valence-electron chi connectivity index (χ4n) is 0.612. The lowest BCUT2D eigenvalue weighted by atomic mass is 10.6. The SMILES string of the molecule is Cn1nc(I)c([N+](=O)[O-])c1I. The Bertz CT molecular complexity index is 309. The van der Waals surface area contributed by atoms with Gasteiger partial charge in [0.25, 0.3) is 0 Å². The van der Waals surface area contributed by atoms with Crippen LogP contribution in [0, 0.1) is 17.5 Å². The van der Waals surface area contributed by atoms with Crippen molar-refractivity contribution < 1.29 is 4.92 Å². The third-order valence-electron chi connectivity index (χ3n) is 1.10. The van der Waals surface area contributed by atoms with Crippen molar-refractivity contribution in [2.75, 3.05) is 0 Å². The first-order valence-corrected chi connectivity index (χ1v) is 4.72. The van der Waals surface area contributed by atoms with Crippen LogP contribution >= 0.6 is 45.2 Å². The molecule has 0 saturated heterocycles. The van der Waals surface area contributed by atoms with Gasteiger partial charge in [-0.2, -0.15) is 5.10 Å². The van der Waals surface area contributed by atoms with E-state index in [4.69, 9.17) is 0 Å². The van der Waals surface area contributed by atoms with E-state index in [0.29, 0.717) is 7.40 Å². The van der Waals surface area contributed by atoms with Gasteiger partial charge in [0, 0.05) is 7.05 Å². The highest BCUT2D eigenvalue weighted by atomic mass is 127. The summed E-state index contributed by atoms with van der Waals surface area (Å²) in [6, 6.07) is 0. The van der Waals surface area contributed by atoms with Crippen LogP contribution in [-0.2, 0) is 7.05 Å². The molecule has 0 N–H and O–H groups in total. The molecule has 0 radical (unpaired) electrons. The molecule has 60 valence electrons. The molecule has 0 aliphatic heterocycles. The van der Waals surface area contributed by atoms with E-state index in [1.54, 1.807) is 7.05 Å². The Morgan fingerprint density at radius 3 is 2.36 bits per heavy atom. The van der Waals surface area contributed by atoms with E-state index in [9.17, 15) is 10.1 Å². The number of rotatable bonds is 1. The van der Waals surface area contributed by atoms with E-state index >= 15 is 0 Å². The first-order chi connectivity index (χ1) is 5.04. The summed E-state index contributed by atoms with van der Waals surface area (Å²) in [5, 5.41) is 14.3. The topological polar surface area (TPSA) is 61.0 Å². The zero-order valence-corrected chi connectivity index (χ0v) is 9.73. The maximum Gasteiger partial charge on any atom is 0.333 e. The molecule has 0 saturated carbocycles. The Morgan fingerprint density at radius 1 is 1.64 bits per heavy atom. The molecule has 0 aliphatic carbocycles. The molecule has 1 aromatic rings. The van der Waals surface area contributed by atoms with Crippen LogP contribution in [-0.4, -0.2) is 14.7 Å². The van der Waals surface area contributed by atoms with Gasteiger partial charge >= 0.3 is 5.69 Å². The van der Waals surface area contributed by atoms with Gasteiger partial charge in [-0.05, 0) is 45.2 Å². The Labute approximate surface area is 89.6 Å². The Morgan fingerprint density at radius 2 is 2.18 bits per heavy atom. The summed E-state index contributed by atoms with van der Waals surface area (Å²) in [7, 11) is 1.68. The summed E-state index contributed by atoms with van der Waals surface area (Å²) >= 11 is 3.74. The third kappa shape index (κ3) is 1.63. The number of hydrogen-bond acceptors (Lipinski definition) is 3. The molecule has 11 heavy (non-hydrogen) atoms. The van der Waals surface area contributed by atoms with Crippen LogP contribution in [0.5, 0.6) is 0 Å². The van der Waals surface area contributed by atoms with Gasteiger partial charge in [-0.1, -0.05) is 0 Å². The minimum absolute atomic E-state index is 0.0914. The van der Waals surface area contributed by atoms with Gasteiger partial charge in [-0.25, -0.2) is 0 Å². The Balaban J connectivity index is 3.34. The maximum atomic E-state index is 10.4. The minimum atomic E-state index is -0.420. The van der Waals surface area contributed by atoms with Crippen LogP contribution in [0.4, 0.5) is 5.69 Å². The lowest BCUT2D eigenvalue weighted by Crippen LogP contribution is -1.94. The van der Waals surface area contributed by atoms with Crippen LogP contribution < -0.4 is 0 Å². The van der Waals surface area contributed by atoms with Crippen LogP contribution in [0.1, 0.15) is 0 Å². The summed E-state index contributed by atoms with van der Waals surface area (Å²) in [4.78, 5) is 9.98. The highest BCUT2D eigenvalue weighted by Crippen LogP contribution is 2.25. The van der Waals surface area contributed by atoms with E-state index in [1.807, 2.05) is 45.2 Å². The predicted octanol–water partition coefficient (Wildman–Crippen LogP) is 1.54. The Hall–Kier alpha value is 0.0700. The lowest BCUT2D eigenvalue weighted by Gasteiger charge is -1.87. The zero-order valence-electron chi connectivity index (χ0n) is 5.41. The highest BCUT2D eigenvalue weighted by molar-refractivity contribution is 14.1. The van der Waals surface area contributed by atoms with Crippen LogP contribution in [0.25, 0.3) is 0 Å². The van der Waals surface area contributed by atoms with Gasteiger partial charge in [0.1, 0.15) is 0 Å². The molecule has 5 nitrogen and oxygen atoms in total. The van der Waals surface area contributed by atoms with Gasteiger partial charge in [0.15, 0.2) is 3.70 Å². The summed E-state index contributed by atoms with van der Waals surface area (Å²) in [6.07, 6.45) is 0. The largest absolute Gasteiger partial charge is 0.333 e. The fraction of sp³-hybridized carbons (Fsp3) is 0.250. The average Bonchev–Trinajstić information content (AvgIpc) is 2.07. The van der Waals surface area contributed by atoms with Gasteiger partial charge < -0.3 is 0 Å². The van der Waals surface area contributed by atoms with Crippen molar-refractivity contribution in [2.24, 2.45) is 7.05 Å². The van der Waals surface area contributed by atoms with E-state index in [0.717, 1.165) is 0 Å². The molecule has 7 heteroatoms. The first kappa shape index (κ1) is 9.16. The summed E-state index contributed by atoms with van der Waals surface area (Å²) in [5.41, 5.74) is 0.0914. The van der Waals surface area contributed by atoms with Gasteiger partial charge in [-0.15, -0.1) is 0 Å². The number of nitrogens with zero attached hydrogens (tertiary/aromatic N) is 3. The second-order valence-electron chi connectivity index (χ2n) is 1.81. The number of hydrogen-bond donors (Lipinski definition) is 0. The number of aromatic nitrogens is 2. The molecular formula is C4H3I2N3O2. The Kier molecular flexibility index (Phi) is 2.67. The monoisotopic (exact) mass is 379 g/mol. The summed E-state index contributed by atoms with van der Waals surface area (Å²) < 4.78 is 2.47. The smallest absolute Gasteiger partial charge is 0.258 e. The molecule has 0 bridgehead atoms. The second-order valence-corrected chi connectivity index (χ2v) is 3.85. The van der Waals surface area contributed by atoms with Crippen molar-refractivity contribution >= 4 is 50.9 Å². The van der Waals surface area contributed by atoms with Crippen molar-refractivity contribution in [1.82, 2.24) is 9.78 Å². The quantitative estimate of drug-likeness (QED) is 0.423. The normalized spacial score (nSPS) is 10.1. The van der Waals surface area contributed by atoms with Gasteiger partial charge in [0.05, 0.1) is 4.92 Å². The number of aryl methyl sites for hydroxylation is 1. The molecule has 0 amide bonds. The van der Waals surface area contributed by atoms with Crippen molar-refractivity contribution in [3.63, 3.8) is 0 Å². The molecule has 0 spiro atoms. The second kappa shape index (κ2) is 3.21. The summed E-state index contributed by atoms with van der Waals surface area (Å²) in [6.45, 7) is 0. The van der Waals surface area contributed by atoms with Gasteiger partial charge in [-0.3, -0.25) is 14.8 Å². The van der Waals surface area contributed by atoms with Crippen molar-refractivity contribution in [2.45, 2.75) is 0 Å². The first-order valence-electron chi connectivity index (χ1n) is 2.56. The molecule has 1 aromatic heterocycles. The van der Waals surface area contributed by atoms with Crippen LogP contribution in [0.2, 0.25) is 0 Å². The van der Waals surface area contributed by atoms with E-state index in [-0.39, 0.29) is 5.69 Å². The molecule has 1 rings (SSSR count). The van der Waals surface area contributed by atoms with Crippen molar-refractivity contribution in [3.05, 3.63) is 17.5 Å². The van der Waals surface area contributed by atoms with Crippen LogP contribution in [0.3, 0.4) is 0 Å². The van der Waals surface area contributed by atoms with Gasteiger partial charge in [0.2, 0.25) is 3.70 Å². The molecule has 0 aliphatic rings. The highest BCUT2D eigenvalue weighted by Gasteiger charge is 2.22. The standard InChI is InChI=1S/C4H3I2N3O2/c1-8-4(6)2(9(10)11)3(5)7-8/h1H3. The average molecular weight is 379 g/mol.